The Labute approximate surface area is 179 Å². The number of piperazine rings is 1. The molecule has 10 heteroatoms. The average Bonchev–Trinajstić information content (AvgIpc) is 2.73. The van der Waals surface area contributed by atoms with E-state index < -0.39 is 10.0 Å². The number of hydrogen-bond donors (Lipinski definition) is 1. The Morgan fingerprint density at radius 2 is 1.77 bits per heavy atom. The average molecular weight is 450 g/mol. The van der Waals surface area contributed by atoms with E-state index in [1.807, 2.05) is 19.1 Å². The first-order valence-electron chi connectivity index (χ1n) is 9.38. The predicted molar refractivity (Wildman–Crippen MR) is 111 cm³/mol. The molecule has 2 aliphatic rings. The van der Waals surface area contributed by atoms with Gasteiger partial charge in [-0.15, -0.1) is 0 Å². The third-order valence-corrected chi connectivity index (χ3v) is 7.47. The molecule has 30 heavy (non-hydrogen) atoms. The number of nitrogens with zero attached hydrogens (tertiary/aromatic N) is 2. The number of sulfonamides is 1. The van der Waals surface area contributed by atoms with Crippen molar-refractivity contribution in [2.45, 2.75) is 11.8 Å². The lowest BCUT2D eigenvalue weighted by Gasteiger charge is -2.34. The number of rotatable bonds is 3. The van der Waals surface area contributed by atoms with E-state index in [4.69, 9.17) is 16.3 Å². The summed E-state index contributed by atoms with van der Waals surface area (Å²) < 4.78 is 32.9. The number of aryl methyl sites for hydroxylation is 1. The van der Waals surface area contributed by atoms with Gasteiger partial charge in [0.1, 0.15) is 10.6 Å². The first kappa shape index (κ1) is 20.6. The zero-order valence-corrected chi connectivity index (χ0v) is 17.8. The molecule has 0 aromatic heterocycles. The van der Waals surface area contributed by atoms with Crippen LogP contribution in [0.5, 0.6) is 5.75 Å². The van der Waals surface area contributed by atoms with Crippen molar-refractivity contribution in [1.29, 1.82) is 0 Å². The van der Waals surface area contributed by atoms with E-state index in [1.54, 1.807) is 17.0 Å². The molecule has 2 heterocycles. The van der Waals surface area contributed by atoms with Gasteiger partial charge in [0.15, 0.2) is 6.61 Å². The minimum atomic E-state index is -3.89. The van der Waals surface area contributed by atoms with Gasteiger partial charge >= 0.3 is 0 Å². The van der Waals surface area contributed by atoms with Gasteiger partial charge in [0, 0.05) is 37.8 Å². The van der Waals surface area contributed by atoms with E-state index in [-0.39, 0.29) is 60.3 Å². The molecule has 0 radical (unpaired) electrons. The number of benzene rings is 2. The van der Waals surface area contributed by atoms with E-state index in [2.05, 4.69) is 5.32 Å². The maximum absolute atomic E-state index is 13.1. The second kappa shape index (κ2) is 7.90. The second-order valence-electron chi connectivity index (χ2n) is 7.18. The van der Waals surface area contributed by atoms with Crippen LogP contribution in [0.15, 0.2) is 41.3 Å². The standard InChI is InChI=1S/C20H20ClN3O5S/c1-13-2-4-14(5-3-13)20(26)23-6-8-24(9-7-23)30(27,28)18-11-17-16(10-15(18)21)22-19(25)12-29-17/h2-5,10-11H,6-9,12H2,1H3,(H,22,25). The molecule has 4 rings (SSSR count). The SMILES string of the molecule is Cc1ccc(C(=O)N2CCN(S(=O)(=O)c3cc4c(cc3Cl)NC(=O)CO4)CC2)cc1. The van der Waals surface area contributed by atoms with Crippen molar-refractivity contribution in [3.05, 3.63) is 52.5 Å². The summed E-state index contributed by atoms with van der Waals surface area (Å²) in [5, 5.41) is 2.59. The molecule has 2 aromatic carbocycles. The molecule has 2 amide bonds. The van der Waals surface area contributed by atoms with Gasteiger partial charge in [-0.05, 0) is 25.1 Å². The highest BCUT2D eigenvalue weighted by atomic mass is 35.5. The number of ether oxygens (including phenoxy) is 1. The number of nitrogens with one attached hydrogen (secondary N) is 1. The van der Waals surface area contributed by atoms with Crippen molar-refractivity contribution in [3.63, 3.8) is 0 Å². The van der Waals surface area contributed by atoms with Crippen LogP contribution in [0.2, 0.25) is 5.02 Å². The van der Waals surface area contributed by atoms with E-state index >= 15 is 0 Å². The second-order valence-corrected chi connectivity index (χ2v) is 9.49. The van der Waals surface area contributed by atoms with Crippen LogP contribution in [-0.2, 0) is 14.8 Å². The fourth-order valence-corrected chi connectivity index (χ4v) is 5.37. The Bertz CT molecular complexity index is 1110. The van der Waals surface area contributed by atoms with Crippen molar-refractivity contribution in [2.75, 3.05) is 38.1 Å². The first-order chi connectivity index (χ1) is 14.3. The number of anilines is 1. The molecule has 0 atom stereocenters. The summed E-state index contributed by atoms with van der Waals surface area (Å²) in [5.74, 6) is -0.197. The topological polar surface area (TPSA) is 96.0 Å². The molecule has 2 aromatic rings. The third kappa shape index (κ3) is 3.88. The molecule has 0 unspecified atom stereocenters. The van der Waals surface area contributed by atoms with Gasteiger partial charge in [0.25, 0.3) is 11.8 Å². The molecule has 0 saturated carbocycles. The number of hydrogen-bond acceptors (Lipinski definition) is 5. The molecule has 1 N–H and O–H groups in total. The first-order valence-corrected chi connectivity index (χ1v) is 11.2. The Morgan fingerprint density at radius 1 is 1.10 bits per heavy atom. The fourth-order valence-electron chi connectivity index (χ4n) is 3.43. The van der Waals surface area contributed by atoms with Crippen molar-refractivity contribution >= 4 is 39.1 Å². The molecule has 0 spiro atoms. The molecular formula is C20H20ClN3O5S. The fraction of sp³-hybridized carbons (Fsp3) is 0.300. The molecule has 2 aliphatic heterocycles. The minimum absolute atomic E-state index is 0.00212. The van der Waals surface area contributed by atoms with E-state index in [0.29, 0.717) is 11.3 Å². The van der Waals surface area contributed by atoms with Crippen molar-refractivity contribution in [2.24, 2.45) is 0 Å². The molecule has 1 saturated heterocycles. The summed E-state index contributed by atoms with van der Waals surface area (Å²) in [5.41, 5.74) is 1.98. The van der Waals surface area contributed by atoms with Crippen LogP contribution in [-0.4, -0.2) is 62.2 Å². The summed E-state index contributed by atoms with van der Waals surface area (Å²) in [6.07, 6.45) is 0. The summed E-state index contributed by atoms with van der Waals surface area (Å²) in [6, 6.07) is 9.99. The normalized spacial score (nSPS) is 17.1. The Morgan fingerprint density at radius 3 is 2.43 bits per heavy atom. The van der Waals surface area contributed by atoms with Crippen LogP contribution in [0.3, 0.4) is 0 Å². The van der Waals surface area contributed by atoms with Gasteiger partial charge in [-0.2, -0.15) is 4.31 Å². The van der Waals surface area contributed by atoms with E-state index in [9.17, 15) is 18.0 Å². The number of carbonyl (C=O) groups is 2. The van der Waals surface area contributed by atoms with Gasteiger partial charge < -0.3 is 15.0 Å². The lowest BCUT2D eigenvalue weighted by Crippen LogP contribution is -2.50. The van der Waals surface area contributed by atoms with Crippen LogP contribution in [0.1, 0.15) is 15.9 Å². The molecule has 0 bridgehead atoms. The van der Waals surface area contributed by atoms with Crippen molar-refractivity contribution in [3.8, 4) is 5.75 Å². The van der Waals surface area contributed by atoms with Crippen LogP contribution in [0, 0.1) is 6.92 Å². The van der Waals surface area contributed by atoms with Crippen LogP contribution in [0.4, 0.5) is 5.69 Å². The molecular weight excluding hydrogens is 430 g/mol. The van der Waals surface area contributed by atoms with Crippen LogP contribution in [0.25, 0.3) is 0 Å². The number of halogens is 1. The smallest absolute Gasteiger partial charge is 0.262 e. The van der Waals surface area contributed by atoms with Crippen molar-refractivity contribution < 1.29 is 22.7 Å². The number of carbonyl (C=O) groups excluding carboxylic acids is 2. The van der Waals surface area contributed by atoms with Gasteiger partial charge in [-0.3, -0.25) is 9.59 Å². The Hall–Kier alpha value is -2.62. The molecule has 158 valence electrons. The Balaban J connectivity index is 1.50. The quantitative estimate of drug-likeness (QED) is 0.774. The van der Waals surface area contributed by atoms with Gasteiger partial charge in [-0.1, -0.05) is 29.3 Å². The maximum Gasteiger partial charge on any atom is 0.262 e. The summed E-state index contributed by atoms with van der Waals surface area (Å²) in [7, 11) is -3.89. The lowest BCUT2D eigenvalue weighted by atomic mass is 10.1. The predicted octanol–water partition coefficient (Wildman–Crippen LogP) is 2.13. The van der Waals surface area contributed by atoms with Crippen LogP contribution < -0.4 is 10.1 Å². The number of amides is 2. The lowest BCUT2D eigenvalue weighted by molar-refractivity contribution is -0.118. The molecule has 1 fully saturated rings. The zero-order chi connectivity index (χ0) is 21.5. The largest absolute Gasteiger partial charge is 0.482 e. The molecule has 8 nitrogen and oxygen atoms in total. The summed E-state index contributed by atoms with van der Waals surface area (Å²) in [6.45, 7) is 2.63. The highest BCUT2D eigenvalue weighted by Gasteiger charge is 2.33. The third-order valence-electron chi connectivity index (χ3n) is 5.11. The maximum atomic E-state index is 13.1. The zero-order valence-electron chi connectivity index (χ0n) is 16.2. The Kier molecular flexibility index (Phi) is 5.44. The van der Waals surface area contributed by atoms with Gasteiger partial charge in [-0.25, -0.2) is 8.42 Å². The highest BCUT2D eigenvalue weighted by molar-refractivity contribution is 7.89. The van der Waals surface area contributed by atoms with E-state index in [0.717, 1.165) is 5.56 Å². The minimum Gasteiger partial charge on any atom is -0.482 e. The van der Waals surface area contributed by atoms with Crippen molar-refractivity contribution in [1.82, 2.24) is 9.21 Å². The van der Waals surface area contributed by atoms with Crippen LogP contribution >= 0.6 is 11.6 Å². The molecule has 0 aliphatic carbocycles. The summed E-state index contributed by atoms with van der Waals surface area (Å²) in [4.78, 5) is 25.7. The highest BCUT2D eigenvalue weighted by Crippen LogP contribution is 2.37. The van der Waals surface area contributed by atoms with Gasteiger partial charge in [0.05, 0.1) is 10.7 Å². The van der Waals surface area contributed by atoms with E-state index in [1.165, 1.54) is 16.4 Å². The van der Waals surface area contributed by atoms with Gasteiger partial charge in [0.2, 0.25) is 10.0 Å². The summed E-state index contributed by atoms with van der Waals surface area (Å²) >= 11 is 6.21. The number of fused-ring (bicyclic) bond motifs is 1. The monoisotopic (exact) mass is 449 g/mol.